The number of carbonyl (C=O) groups excluding carboxylic acids is 2. The highest BCUT2D eigenvalue weighted by Gasteiger charge is 2.29. The van der Waals surface area contributed by atoms with E-state index in [4.69, 9.17) is 16.3 Å². The van der Waals surface area contributed by atoms with E-state index in [9.17, 15) is 9.59 Å². The third kappa shape index (κ3) is 6.72. The number of benzene rings is 3. The van der Waals surface area contributed by atoms with Gasteiger partial charge in [-0.1, -0.05) is 80.9 Å². The number of carbonyl (C=O) groups is 2. The molecule has 0 unspecified atom stereocenters. The van der Waals surface area contributed by atoms with E-state index in [1.165, 1.54) is 0 Å². The van der Waals surface area contributed by atoms with Crippen molar-refractivity contribution in [2.24, 2.45) is 5.92 Å². The molecule has 0 aliphatic heterocycles. The van der Waals surface area contributed by atoms with E-state index in [2.05, 4.69) is 5.32 Å². The van der Waals surface area contributed by atoms with Crippen LogP contribution in [0.3, 0.4) is 0 Å². The molecule has 0 saturated carbocycles. The number of nitrogens with zero attached hydrogens (tertiary/aromatic N) is 1. The first-order chi connectivity index (χ1) is 15.9. The summed E-state index contributed by atoms with van der Waals surface area (Å²) >= 11 is 6.02. The molecule has 1 atom stereocenters. The van der Waals surface area contributed by atoms with Crippen molar-refractivity contribution in [3.8, 4) is 5.75 Å². The van der Waals surface area contributed by atoms with Crippen LogP contribution in [0.1, 0.15) is 32.8 Å². The van der Waals surface area contributed by atoms with E-state index in [-0.39, 0.29) is 18.4 Å². The fourth-order valence-corrected chi connectivity index (χ4v) is 3.80. The van der Waals surface area contributed by atoms with E-state index in [1.54, 1.807) is 17.0 Å². The second-order valence-corrected chi connectivity index (χ2v) is 8.91. The predicted molar refractivity (Wildman–Crippen MR) is 133 cm³/mol. The fraction of sp³-hybridized carbons (Fsp3) is 0.333. The molecular weight excluding hydrogens is 436 g/mol. The summed E-state index contributed by atoms with van der Waals surface area (Å²) in [5.74, 6) is 0.565. The van der Waals surface area contributed by atoms with Crippen molar-refractivity contribution < 1.29 is 14.3 Å². The Morgan fingerprint density at radius 2 is 1.70 bits per heavy atom. The van der Waals surface area contributed by atoms with Crippen molar-refractivity contribution in [1.29, 1.82) is 0 Å². The molecule has 0 saturated heterocycles. The number of ether oxygens (including phenoxy) is 1. The number of hydrogen-bond donors (Lipinski definition) is 1. The summed E-state index contributed by atoms with van der Waals surface area (Å²) < 4.78 is 5.95. The monoisotopic (exact) mass is 466 g/mol. The third-order valence-corrected chi connectivity index (χ3v) is 5.69. The first-order valence-corrected chi connectivity index (χ1v) is 11.7. The van der Waals surface area contributed by atoms with Gasteiger partial charge in [-0.25, -0.2) is 0 Å². The number of nitrogens with one attached hydrogen (secondary N) is 1. The van der Waals surface area contributed by atoms with Gasteiger partial charge in [0.25, 0.3) is 5.91 Å². The van der Waals surface area contributed by atoms with E-state index < -0.39 is 6.04 Å². The van der Waals surface area contributed by atoms with Crippen LogP contribution in [0.5, 0.6) is 5.75 Å². The Kier molecular flexibility index (Phi) is 8.72. The van der Waals surface area contributed by atoms with Crippen LogP contribution in [-0.4, -0.2) is 35.9 Å². The number of halogens is 1. The van der Waals surface area contributed by atoms with Gasteiger partial charge in [0, 0.05) is 23.5 Å². The lowest BCUT2D eigenvalue weighted by molar-refractivity contribution is -0.143. The molecular formula is C27H31ClN2O3. The van der Waals surface area contributed by atoms with Crippen LogP contribution in [0.15, 0.2) is 66.7 Å². The number of fused-ring (bicyclic) bond motifs is 1. The minimum absolute atomic E-state index is 0.154. The predicted octanol–water partition coefficient (Wildman–Crippen LogP) is 5.45. The topological polar surface area (TPSA) is 58.6 Å². The Hall–Kier alpha value is -3.05. The standard InChI is InChI=1S/C27H31ClN2O3/c1-4-24(27(32)29-16-19(2)3)30(17-20-12-14-22(28)15-13-20)26(31)18-33-25-11-7-9-21-8-5-6-10-23(21)25/h5-15,19,24H,4,16-18H2,1-3H3,(H,29,32)/t24-/m1/s1. The zero-order valence-corrected chi connectivity index (χ0v) is 20.1. The van der Waals surface area contributed by atoms with Crippen LogP contribution in [0.4, 0.5) is 0 Å². The molecule has 2 amide bonds. The molecule has 1 N–H and O–H groups in total. The molecule has 0 radical (unpaired) electrons. The maximum Gasteiger partial charge on any atom is 0.261 e. The van der Waals surface area contributed by atoms with E-state index in [1.807, 2.05) is 75.4 Å². The molecule has 0 bridgehead atoms. The second-order valence-electron chi connectivity index (χ2n) is 8.48. The van der Waals surface area contributed by atoms with Crippen LogP contribution < -0.4 is 10.1 Å². The normalized spacial score (nSPS) is 11.9. The minimum Gasteiger partial charge on any atom is -0.483 e. The summed E-state index contributed by atoms with van der Waals surface area (Å²) in [6.07, 6.45) is 0.498. The lowest BCUT2D eigenvalue weighted by Crippen LogP contribution is -2.50. The summed E-state index contributed by atoms with van der Waals surface area (Å²) in [5.41, 5.74) is 0.896. The van der Waals surface area contributed by atoms with Gasteiger partial charge >= 0.3 is 0 Å². The third-order valence-electron chi connectivity index (χ3n) is 5.44. The maximum absolute atomic E-state index is 13.4. The summed E-state index contributed by atoms with van der Waals surface area (Å²) in [5, 5.41) is 5.57. The highest BCUT2D eigenvalue weighted by atomic mass is 35.5. The number of rotatable bonds is 10. The zero-order chi connectivity index (χ0) is 23.8. The van der Waals surface area contributed by atoms with Gasteiger partial charge in [0.1, 0.15) is 11.8 Å². The van der Waals surface area contributed by atoms with Crippen molar-refractivity contribution in [2.45, 2.75) is 39.8 Å². The first kappa shape index (κ1) is 24.6. The van der Waals surface area contributed by atoms with E-state index >= 15 is 0 Å². The summed E-state index contributed by atoms with van der Waals surface area (Å²) in [6, 6.07) is 20.3. The molecule has 0 aliphatic rings. The van der Waals surface area contributed by atoms with Crippen molar-refractivity contribution in [3.05, 3.63) is 77.3 Å². The highest BCUT2D eigenvalue weighted by Crippen LogP contribution is 2.25. The molecule has 0 spiro atoms. The Labute approximate surface area is 200 Å². The SMILES string of the molecule is CC[C@H](C(=O)NCC(C)C)N(Cc1ccc(Cl)cc1)C(=O)COc1cccc2ccccc12. The van der Waals surface area contributed by atoms with Gasteiger partial charge in [0.15, 0.2) is 6.61 Å². The van der Waals surface area contributed by atoms with Crippen LogP contribution in [0.2, 0.25) is 5.02 Å². The maximum atomic E-state index is 13.4. The van der Waals surface area contributed by atoms with Gasteiger partial charge in [0.2, 0.25) is 5.91 Å². The average molecular weight is 467 g/mol. The van der Waals surface area contributed by atoms with Gasteiger partial charge in [-0.3, -0.25) is 9.59 Å². The van der Waals surface area contributed by atoms with E-state index in [0.717, 1.165) is 16.3 Å². The Morgan fingerprint density at radius 3 is 2.39 bits per heavy atom. The lowest BCUT2D eigenvalue weighted by atomic mass is 10.1. The number of hydrogen-bond acceptors (Lipinski definition) is 3. The van der Waals surface area contributed by atoms with Crippen LogP contribution >= 0.6 is 11.6 Å². The van der Waals surface area contributed by atoms with Gasteiger partial charge in [0.05, 0.1) is 0 Å². The molecule has 5 nitrogen and oxygen atoms in total. The van der Waals surface area contributed by atoms with Crippen molar-refractivity contribution >= 4 is 34.2 Å². The van der Waals surface area contributed by atoms with Crippen LogP contribution in [0.25, 0.3) is 10.8 Å². The summed E-state index contributed by atoms with van der Waals surface area (Å²) in [6.45, 7) is 6.68. The molecule has 6 heteroatoms. The average Bonchev–Trinajstić information content (AvgIpc) is 2.82. The Bertz CT molecular complexity index is 1080. The zero-order valence-electron chi connectivity index (χ0n) is 19.4. The fourth-order valence-electron chi connectivity index (χ4n) is 3.67. The summed E-state index contributed by atoms with van der Waals surface area (Å²) in [4.78, 5) is 27.9. The van der Waals surface area contributed by atoms with Crippen molar-refractivity contribution in [3.63, 3.8) is 0 Å². The first-order valence-electron chi connectivity index (χ1n) is 11.3. The molecule has 0 heterocycles. The molecule has 3 aromatic carbocycles. The molecule has 3 rings (SSSR count). The molecule has 0 aromatic heterocycles. The van der Waals surface area contributed by atoms with Gasteiger partial charge in [-0.2, -0.15) is 0 Å². The molecule has 3 aromatic rings. The molecule has 0 fully saturated rings. The Morgan fingerprint density at radius 1 is 1.00 bits per heavy atom. The van der Waals surface area contributed by atoms with Crippen LogP contribution in [-0.2, 0) is 16.1 Å². The quantitative estimate of drug-likeness (QED) is 0.432. The summed E-state index contributed by atoms with van der Waals surface area (Å²) in [7, 11) is 0. The molecule has 33 heavy (non-hydrogen) atoms. The second kappa shape index (κ2) is 11.7. The van der Waals surface area contributed by atoms with Crippen LogP contribution in [0, 0.1) is 5.92 Å². The smallest absolute Gasteiger partial charge is 0.261 e. The van der Waals surface area contributed by atoms with E-state index in [0.29, 0.717) is 36.2 Å². The lowest BCUT2D eigenvalue weighted by Gasteiger charge is -2.31. The van der Waals surface area contributed by atoms with Gasteiger partial charge in [-0.05, 0) is 41.5 Å². The molecule has 174 valence electrons. The Balaban J connectivity index is 1.81. The molecule has 0 aliphatic carbocycles. The van der Waals surface area contributed by atoms with Gasteiger partial charge < -0.3 is 15.0 Å². The number of amides is 2. The van der Waals surface area contributed by atoms with Crippen molar-refractivity contribution in [2.75, 3.05) is 13.2 Å². The highest BCUT2D eigenvalue weighted by molar-refractivity contribution is 6.30. The van der Waals surface area contributed by atoms with Gasteiger partial charge in [-0.15, -0.1) is 0 Å². The van der Waals surface area contributed by atoms with Crippen molar-refractivity contribution in [1.82, 2.24) is 10.2 Å². The largest absolute Gasteiger partial charge is 0.483 e. The minimum atomic E-state index is -0.594.